The summed E-state index contributed by atoms with van der Waals surface area (Å²) < 4.78 is 1.87. The Morgan fingerprint density at radius 1 is 1.10 bits per heavy atom. The molecule has 2 aromatic heterocycles. The highest BCUT2D eigenvalue weighted by molar-refractivity contribution is 6.32. The van der Waals surface area contributed by atoms with Crippen molar-refractivity contribution in [1.82, 2.24) is 9.55 Å². The minimum Gasteiger partial charge on any atom is -0.346 e. The van der Waals surface area contributed by atoms with Crippen LogP contribution < -0.4 is 10.7 Å². The lowest BCUT2D eigenvalue weighted by Gasteiger charge is -2.15. The number of nitrogens with zero attached hydrogens (tertiary/aromatic N) is 2. The lowest BCUT2D eigenvalue weighted by atomic mass is 10.1. The number of rotatable bonds is 3. The van der Waals surface area contributed by atoms with Crippen molar-refractivity contribution >= 4 is 56.6 Å². The fraction of sp³-hybridized carbons (Fsp3) is 0.174. The van der Waals surface area contributed by atoms with Crippen LogP contribution in [0.1, 0.15) is 28.5 Å². The van der Waals surface area contributed by atoms with Crippen LogP contribution in [0, 0.1) is 13.8 Å². The van der Waals surface area contributed by atoms with E-state index >= 15 is 0 Å². The van der Waals surface area contributed by atoms with Gasteiger partial charge in [-0.25, -0.2) is 0 Å². The Morgan fingerprint density at radius 2 is 1.87 bits per heavy atom. The van der Waals surface area contributed by atoms with Crippen molar-refractivity contribution in [1.29, 1.82) is 0 Å². The fourth-order valence-electron chi connectivity index (χ4n) is 3.69. The number of anilines is 1. The van der Waals surface area contributed by atoms with Gasteiger partial charge in [-0.15, -0.1) is 0 Å². The molecular weight excluding hydrogens is 421 g/mol. The third-order valence-corrected chi connectivity index (χ3v) is 5.80. The molecule has 1 N–H and O–H groups in total. The van der Waals surface area contributed by atoms with Gasteiger partial charge in [0.2, 0.25) is 5.43 Å². The van der Waals surface area contributed by atoms with Crippen LogP contribution in [0.25, 0.3) is 21.8 Å². The number of halogens is 2. The van der Waals surface area contributed by atoms with Crippen LogP contribution in [0.15, 0.2) is 47.4 Å². The molecule has 0 unspecified atom stereocenters. The summed E-state index contributed by atoms with van der Waals surface area (Å²) in [5.74, 6) is -0.483. The van der Waals surface area contributed by atoms with E-state index in [2.05, 4.69) is 10.3 Å². The van der Waals surface area contributed by atoms with Crippen molar-refractivity contribution in [3.63, 3.8) is 0 Å². The molecule has 0 atom stereocenters. The minimum absolute atomic E-state index is 0.0655. The van der Waals surface area contributed by atoms with Gasteiger partial charge in [0.25, 0.3) is 5.91 Å². The smallest absolute Gasteiger partial charge is 0.261 e. The predicted molar refractivity (Wildman–Crippen MR) is 123 cm³/mol. The van der Waals surface area contributed by atoms with E-state index in [4.69, 9.17) is 23.2 Å². The normalized spacial score (nSPS) is 11.2. The summed E-state index contributed by atoms with van der Waals surface area (Å²) >= 11 is 12.4. The molecule has 1 amide bonds. The molecule has 30 heavy (non-hydrogen) atoms. The van der Waals surface area contributed by atoms with Gasteiger partial charge >= 0.3 is 0 Å². The zero-order chi connectivity index (χ0) is 21.6. The standard InChI is InChI=1S/C23H19Cl2N3O2/c1-4-28-11-17(22(29)15-6-7-18(25)13(3)21(15)28)23(30)27-20-9-12(2)26-19-8-5-14(24)10-16(19)20/h5-11H,4H2,1-3H3,(H,26,27,30). The average Bonchev–Trinajstić information content (AvgIpc) is 2.71. The first-order valence-electron chi connectivity index (χ1n) is 9.50. The number of pyridine rings is 2. The quantitative estimate of drug-likeness (QED) is 0.442. The van der Waals surface area contributed by atoms with Gasteiger partial charge in [0.05, 0.1) is 16.7 Å². The van der Waals surface area contributed by atoms with Crippen molar-refractivity contribution in [2.75, 3.05) is 5.32 Å². The maximum absolute atomic E-state index is 13.1. The third-order valence-electron chi connectivity index (χ3n) is 5.16. The number of carbonyl (C=O) groups excluding carboxylic acids is 1. The molecule has 4 rings (SSSR count). The van der Waals surface area contributed by atoms with Gasteiger partial charge in [0.1, 0.15) is 5.56 Å². The molecule has 0 radical (unpaired) electrons. The van der Waals surface area contributed by atoms with Gasteiger partial charge in [-0.1, -0.05) is 23.2 Å². The molecule has 0 spiro atoms. The Hall–Kier alpha value is -2.89. The first kappa shape index (κ1) is 20.4. The maximum Gasteiger partial charge on any atom is 0.261 e. The maximum atomic E-state index is 13.1. The molecular formula is C23H19Cl2N3O2. The van der Waals surface area contributed by atoms with E-state index in [1.165, 1.54) is 0 Å². The zero-order valence-corrected chi connectivity index (χ0v) is 18.2. The second-order valence-electron chi connectivity index (χ2n) is 7.15. The molecule has 0 fully saturated rings. The summed E-state index contributed by atoms with van der Waals surface area (Å²) in [7, 11) is 0. The van der Waals surface area contributed by atoms with Gasteiger partial charge in [-0.05, 0) is 62.7 Å². The average molecular weight is 440 g/mol. The van der Waals surface area contributed by atoms with Crippen LogP contribution in [-0.2, 0) is 6.54 Å². The molecule has 0 aliphatic heterocycles. The monoisotopic (exact) mass is 439 g/mol. The summed E-state index contributed by atoms with van der Waals surface area (Å²) in [4.78, 5) is 30.7. The van der Waals surface area contributed by atoms with Crippen LogP contribution in [-0.4, -0.2) is 15.5 Å². The van der Waals surface area contributed by atoms with E-state index in [1.54, 1.807) is 42.6 Å². The number of carbonyl (C=O) groups is 1. The molecule has 0 aliphatic carbocycles. The number of benzene rings is 2. The third kappa shape index (κ3) is 3.44. The molecule has 7 heteroatoms. The molecule has 4 aromatic rings. The summed E-state index contributed by atoms with van der Waals surface area (Å²) in [6, 6.07) is 10.4. The van der Waals surface area contributed by atoms with Crippen LogP contribution in [0.4, 0.5) is 5.69 Å². The van der Waals surface area contributed by atoms with Crippen LogP contribution in [0.3, 0.4) is 0 Å². The van der Waals surface area contributed by atoms with E-state index in [-0.39, 0.29) is 11.0 Å². The Balaban J connectivity index is 1.87. The molecule has 152 valence electrons. The first-order valence-corrected chi connectivity index (χ1v) is 10.3. The number of amides is 1. The number of nitrogens with one attached hydrogen (secondary N) is 1. The van der Waals surface area contributed by atoms with E-state index in [0.717, 1.165) is 16.8 Å². The van der Waals surface area contributed by atoms with E-state index < -0.39 is 5.91 Å². The van der Waals surface area contributed by atoms with Crippen molar-refractivity contribution in [3.8, 4) is 0 Å². The second-order valence-corrected chi connectivity index (χ2v) is 8.00. The van der Waals surface area contributed by atoms with Crippen molar-refractivity contribution in [2.45, 2.75) is 27.3 Å². The summed E-state index contributed by atoms with van der Waals surface area (Å²) in [6.07, 6.45) is 1.59. The Bertz CT molecular complexity index is 1390. The van der Waals surface area contributed by atoms with E-state index in [0.29, 0.717) is 38.6 Å². The van der Waals surface area contributed by atoms with Crippen LogP contribution >= 0.6 is 23.2 Å². The number of aryl methyl sites for hydroxylation is 3. The molecule has 2 heterocycles. The molecule has 0 bridgehead atoms. The lowest BCUT2D eigenvalue weighted by Crippen LogP contribution is -2.24. The summed E-state index contributed by atoms with van der Waals surface area (Å²) in [5, 5.41) is 5.16. The highest BCUT2D eigenvalue weighted by Crippen LogP contribution is 2.27. The molecule has 0 saturated carbocycles. The number of hydrogen-bond donors (Lipinski definition) is 1. The number of fused-ring (bicyclic) bond motifs is 2. The number of aromatic nitrogens is 2. The molecule has 2 aromatic carbocycles. The Labute approximate surface area is 183 Å². The van der Waals surface area contributed by atoms with Crippen molar-refractivity contribution in [2.24, 2.45) is 0 Å². The Kier molecular flexibility index (Phi) is 5.26. The van der Waals surface area contributed by atoms with Gasteiger partial charge in [-0.3, -0.25) is 14.6 Å². The summed E-state index contributed by atoms with van der Waals surface area (Å²) in [6.45, 7) is 6.25. The van der Waals surface area contributed by atoms with E-state index in [1.807, 2.05) is 25.3 Å². The second kappa shape index (κ2) is 7.74. The SMILES string of the molecule is CCn1cc(C(=O)Nc2cc(C)nc3ccc(Cl)cc23)c(=O)c2ccc(Cl)c(C)c21. The zero-order valence-electron chi connectivity index (χ0n) is 16.7. The lowest BCUT2D eigenvalue weighted by molar-refractivity contribution is 0.102. The highest BCUT2D eigenvalue weighted by atomic mass is 35.5. The predicted octanol–water partition coefficient (Wildman–Crippen LogP) is 5.75. The van der Waals surface area contributed by atoms with Crippen LogP contribution in [0.2, 0.25) is 10.0 Å². The van der Waals surface area contributed by atoms with E-state index in [9.17, 15) is 9.59 Å². The van der Waals surface area contributed by atoms with Gasteiger partial charge in [0.15, 0.2) is 0 Å². The molecule has 5 nitrogen and oxygen atoms in total. The molecule has 0 aliphatic rings. The minimum atomic E-state index is -0.483. The fourth-order valence-corrected chi connectivity index (χ4v) is 4.01. The summed E-state index contributed by atoms with van der Waals surface area (Å²) in [5.41, 5.74) is 3.30. The van der Waals surface area contributed by atoms with Crippen molar-refractivity contribution < 1.29 is 4.79 Å². The van der Waals surface area contributed by atoms with Crippen LogP contribution in [0.5, 0.6) is 0 Å². The number of hydrogen-bond acceptors (Lipinski definition) is 3. The Morgan fingerprint density at radius 3 is 2.60 bits per heavy atom. The van der Waals surface area contributed by atoms with Gasteiger partial charge in [-0.2, -0.15) is 0 Å². The largest absolute Gasteiger partial charge is 0.346 e. The van der Waals surface area contributed by atoms with Gasteiger partial charge in [0, 0.05) is 39.3 Å². The first-order chi connectivity index (χ1) is 14.3. The highest BCUT2D eigenvalue weighted by Gasteiger charge is 2.18. The molecule has 0 saturated heterocycles. The topological polar surface area (TPSA) is 64.0 Å². The van der Waals surface area contributed by atoms with Crippen molar-refractivity contribution in [3.05, 3.63) is 79.7 Å². The van der Waals surface area contributed by atoms with Gasteiger partial charge < -0.3 is 9.88 Å².